The standard InChI is InChI=1S/C18H24N2O/c1-13-9-10-20(12-17(13)19)11-14-7-8-18(21-2)16-6-4-3-5-15(14)16/h3-8,13,17H,9-12,19H2,1-2H3. The Bertz CT molecular complexity index is 626. The lowest BCUT2D eigenvalue weighted by Gasteiger charge is -2.35. The molecule has 0 radical (unpaired) electrons. The van der Waals surface area contributed by atoms with Crippen LogP contribution in [0.25, 0.3) is 10.8 Å². The fourth-order valence-corrected chi connectivity index (χ4v) is 3.20. The van der Waals surface area contributed by atoms with E-state index in [1.54, 1.807) is 7.11 Å². The van der Waals surface area contributed by atoms with Gasteiger partial charge in [-0.2, -0.15) is 0 Å². The van der Waals surface area contributed by atoms with Crippen LogP contribution in [0, 0.1) is 5.92 Å². The van der Waals surface area contributed by atoms with Crippen LogP contribution in [0.3, 0.4) is 0 Å². The Balaban J connectivity index is 1.88. The van der Waals surface area contributed by atoms with Crippen molar-refractivity contribution >= 4 is 10.8 Å². The molecule has 3 rings (SSSR count). The first-order valence-electron chi connectivity index (χ1n) is 7.71. The van der Waals surface area contributed by atoms with Gasteiger partial charge in [-0.1, -0.05) is 37.3 Å². The third kappa shape index (κ3) is 2.89. The zero-order valence-electron chi connectivity index (χ0n) is 12.9. The molecule has 2 aromatic carbocycles. The number of hydrogen-bond acceptors (Lipinski definition) is 3. The van der Waals surface area contributed by atoms with Gasteiger partial charge >= 0.3 is 0 Å². The highest BCUT2D eigenvalue weighted by Crippen LogP contribution is 2.29. The molecule has 3 heteroatoms. The van der Waals surface area contributed by atoms with Crippen LogP contribution in [-0.4, -0.2) is 31.1 Å². The third-order valence-corrected chi connectivity index (χ3v) is 4.69. The summed E-state index contributed by atoms with van der Waals surface area (Å²) in [6.07, 6.45) is 1.19. The number of piperidine rings is 1. The van der Waals surface area contributed by atoms with Crippen LogP contribution in [0.5, 0.6) is 5.75 Å². The predicted octanol–water partition coefficient (Wildman–Crippen LogP) is 3.02. The van der Waals surface area contributed by atoms with Crippen molar-refractivity contribution in [3.8, 4) is 5.75 Å². The van der Waals surface area contributed by atoms with E-state index in [4.69, 9.17) is 10.5 Å². The first-order chi connectivity index (χ1) is 10.2. The topological polar surface area (TPSA) is 38.5 Å². The van der Waals surface area contributed by atoms with Gasteiger partial charge < -0.3 is 10.5 Å². The molecule has 2 N–H and O–H groups in total. The maximum absolute atomic E-state index is 6.22. The van der Waals surface area contributed by atoms with Crippen molar-refractivity contribution in [2.75, 3.05) is 20.2 Å². The monoisotopic (exact) mass is 284 g/mol. The number of nitrogens with two attached hydrogens (primary N) is 1. The van der Waals surface area contributed by atoms with Crippen LogP contribution in [-0.2, 0) is 6.54 Å². The van der Waals surface area contributed by atoms with Crippen molar-refractivity contribution in [1.82, 2.24) is 4.90 Å². The van der Waals surface area contributed by atoms with Crippen molar-refractivity contribution in [3.05, 3.63) is 42.0 Å². The summed E-state index contributed by atoms with van der Waals surface area (Å²) in [7, 11) is 1.73. The van der Waals surface area contributed by atoms with E-state index in [-0.39, 0.29) is 0 Å². The van der Waals surface area contributed by atoms with Gasteiger partial charge in [-0.3, -0.25) is 4.90 Å². The molecular formula is C18H24N2O. The van der Waals surface area contributed by atoms with Crippen LogP contribution in [0.2, 0.25) is 0 Å². The molecule has 3 nitrogen and oxygen atoms in total. The minimum absolute atomic E-state index is 0.295. The predicted molar refractivity (Wildman–Crippen MR) is 87.5 cm³/mol. The van der Waals surface area contributed by atoms with E-state index in [1.807, 2.05) is 0 Å². The summed E-state index contributed by atoms with van der Waals surface area (Å²) >= 11 is 0. The normalized spacial score (nSPS) is 23.4. The lowest BCUT2D eigenvalue weighted by molar-refractivity contribution is 0.162. The summed E-state index contributed by atoms with van der Waals surface area (Å²) in [5.74, 6) is 1.58. The summed E-state index contributed by atoms with van der Waals surface area (Å²) in [5.41, 5.74) is 7.57. The lowest BCUT2D eigenvalue weighted by Crippen LogP contribution is -2.47. The maximum Gasteiger partial charge on any atom is 0.126 e. The van der Waals surface area contributed by atoms with Gasteiger partial charge in [0.05, 0.1) is 7.11 Å². The van der Waals surface area contributed by atoms with Gasteiger partial charge in [0.2, 0.25) is 0 Å². The molecule has 0 spiro atoms. The van der Waals surface area contributed by atoms with Crippen LogP contribution in [0.4, 0.5) is 0 Å². The largest absolute Gasteiger partial charge is 0.496 e. The quantitative estimate of drug-likeness (QED) is 0.941. The van der Waals surface area contributed by atoms with Crippen LogP contribution in [0.15, 0.2) is 36.4 Å². The highest BCUT2D eigenvalue weighted by atomic mass is 16.5. The fraction of sp³-hybridized carbons (Fsp3) is 0.444. The second kappa shape index (κ2) is 6.04. The van der Waals surface area contributed by atoms with Gasteiger partial charge in [0.25, 0.3) is 0 Å². The second-order valence-corrected chi connectivity index (χ2v) is 6.14. The van der Waals surface area contributed by atoms with E-state index in [1.165, 1.54) is 22.8 Å². The first kappa shape index (κ1) is 14.4. The smallest absolute Gasteiger partial charge is 0.126 e. The van der Waals surface area contributed by atoms with Crippen molar-refractivity contribution in [2.24, 2.45) is 11.7 Å². The van der Waals surface area contributed by atoms with Crippen LogP contribution in [0.1, 0.15) is 18.9 Å². The summed E-state index contributed by atoms with van der Waals surface area (Å²) in [5, 5.41) is 2.47. The molecule has 1 fully saturated rings. The number of rotatable bonds is 3. The molecule has 0 aliphatic carbocycles. The van der Waals surface area contributed by atoms with Gasteiger partial charge in [-0.05, 0) is 35.9 Å². The molecular weight excluding hydrogens is 260 g/mol. The number of hydrogen-bond donors (Lipinski definition) is 1. The molecule has 2 aromatic rings. The molecule has 1 heterocycles. The molecule has 2 unspecified atom stereocenters. The van der Waals surface area contributed by atoms with Crippen LogP contribution >= 0.6 is 0 Å². The molecule has 0 saturated carbocycles. The van der Waals surface area contributed by atoms with Crippen molar-refractivity contribution in [2.45, 2.75) is 25.9 Å². The molecule has 2 atom stereocenters. The Labute approximate surface area is 126 Å². The maximum atomic E-state index is 6.22. The highest BCUT2D eigenvalue weighted by Gasteiger charge is 2.23. The van der Waals surface area contributed by atoms with Gasteiger partial charge in [0, 0.05) is 24.5 Å². The lowest BCUT2D eigenvalue weighted by atomic mass is 9.93. The number of ether oxygens (including phenoxy) is 1. The SMILES string of the molecule is COc1ccc(CN2CCC(C)C(N)C2)c2ccccc12. The Morgan fingerprint density at radius 1 is 1.19 bits per heavy atom. The van der Waals surface area contributed by atoms with E-state index in [0.717, 1.165) is 25.4 Å². The summed E-state index contributed by atoms with van der Waals surface area (Å²) < 4.78 is 5.47. The minimum Gasteiger partial charge on any atom is -0.496 e. The van der Waals surface area contributed by atoms with E-state index >= 15 is 0 Å². The molecule has 1 aliphatic rings. The zero-order valence-corrected chi connectivity index (χ0v) is 12.9. The van der Waals surface area contributed by atoms with Crippen LogP contribution < -0.4 is 10.5 Å². The number of likely N-dealkylation sites (tertiary alicyclic amines) is 1. The first-order valence-corrected chi connectivity index (χ1v) is 7.71. The van der Waals surface area contributed by atoms with Crippen molar-refractivity contribution in [3.63, 3.8) is 0 Å². The van der Waals surface area contributed by atoms with Crippen molar-refractivity contribution < 1.29 is 4.74 Å². The van der Waals surface area contributed by atoms with Crippen molar-refractivity contribution in [1.29, 1.82) is 0 Å². The number of fused-ring (bicyclic) bond motifs is 1. The van der Waals surface area contributed by atoms with E-state index < -0.39 is 0 Å². The Morgan fingerprint density at radius 2 is 1.95 bits per heavy atom. The number of nitrogens with zero attached hydrogens (tertiary/aromatic N) is 1. The number of benzene rings is 2. The summed E-state index contributed by atoms with van der Waals surface area (Å²) in [4.78, 5) is 2.47. The van der Waals surface area contributed by atoms with Gasteiger partial charge in [0.15, 0.2) is 0 Å². The van der Waals surface area contributed by atoms with E-state index in [2.05, 4.69) is 48.2 Å². The van der Waals surface area contributed by atoms with Gasteiger partial charge in [-0.25, -0.2) is 0 Å². The average Bonchev–Trinajstić information content (AvgIpc) is 2.51. The zero-order chi connectivity index (χ0) is 14.8. The molecule has 1 aliphatic heterocycles. The molecule has 0 amide bonds. The van der Waals surface area contributed by atoms with E-state index in [9.17, 15) is 0 Å². The summed E-state index contributed by atoms with van der Waals surface area (Å²) in [6, 6.07) is 13.0. The van der Waals surface area contributed by atoms with E-state index in [0.29, 0.717) is 12.0 Å². The minimum atomic E-state index is 0.295. The van der Waals surface area contributed by atoms with Gasteiger partial charge in [-0.15, -0.1) is 0 Å². The molecule has 21 heavy (non-hydrogen) atoms. The summed E-state index contributed by atoms with van der Waals surface area (Å²) in [6.45, 7) is 5.34. The highest BCUT2D eigenvalue weighted by molar-refractivity contribution is 5.91. The third-order valence-electron chi connectivity index (χ3n) is 4.69. The fourth-order valence-electron chi connectivity index (χ4n) is 3.20. The Morgan fingerprint density at radius 3 is 2.67 bits per heavy atom. The molecule has 112 valence electrons. The number of methoxy groups -OCH3 is 1. The second-order valence-electron chi connectivity index (χ2n) is 6.14. The Kier molecular flexibility index (Phi) is 4.13. The molecule has 0 bridgehead atoms. The van der Waals surface area contributed by atoms with Gasteiger partial charge in [0.1, 0.15) is 5.75 Å². The molecule has 0 aromatic heterocycles. The molecule has 1 saturated heterocycles. The Hall–Kier alpha value is -1.58. The average molecular weight is 284 g/mol.